The van der Waals surface area contributed by atoms with Crippen LogP contribution < -0.4 is 11.1 Å². The van der Waals surface area contributed by atoms with Crippen LogP contribution in [0.4, 0.5) is 4.39 Å². The maximum Gasteiger partial charge on any atom is 0.334 e. The zero-order chi connectivity index (χ0) is 22.5. The molecule has 4 N–H and O–H groups in total. The van der Waals surface area contributed by atoms with Gasteiger partial charge in [0.2, 0.25) is 0 Å². The van der Waals surface area contributed by atoms with Crippen LogP contribution in [-0.2, 0) is 9.53 Å². The maximum absolute atomic E-state index is 13.2. The van der Waals surface area contributed by atoms with E-state index in [-0.39, 0.29) is 55.5 Å². The highest BCUT2D eigenvalue weighted by Gasteiger charge is 2.54. The summed E-state index contributed by atoms with van der Waals surface area (Å²) in [5, 5.41) is 9.54. The molecule has 0 bridgehead atoms. The van der Waals surface area contributed by atoms with Gasteiger partial charge in [-0.25, -0.2) is 4.79 Å². The average Bonchev–Trinajstić information content (AvgIpc) is 2.92. The second-order valence-electron chi connectivity index (χ2n) is 8.27. The largest absolute Gasteiger partial charge is 0.458 e. The molecule has 0 fully saturated rings. The van der Waals surface area contributed by atoms with Gasteiger partial charge in [0.05, 0.1) is 17.7 Å². The van der Waals surface area contributed by atoms with Crippen LogP contribution in [0.3, 0.4) is 0 Å². The van der Waals surface area contributed by atoms with Crippen LogP contribution in [0.1, 0.15) is 60.7 Å². The van der Waals surface area contributed by atoms with Crippen LogP contribution in [0.2, 0.25) is 0 Å². The number of carbonyl (C=O) groups excluding carboxylic acids is 3. The first kappa shape index (κ1) is 29.9. The number of amides is 2. The number of rotatable bonds is 10. The molecule has 0 saturated carbocycles. The van der Waals surface area contributed by atoms with Crippen molar-refractivity contribution in [1.82, 2.24) is 10.2 Å². The van der Waals surface area contributed by atoms with E-state index in [0.717, 1.165) is 4.90 Å². The summed E-state index contributed by atoms with van der Waals surface area (Å²) in [5.41, 5.74) is 3.98. The van der Waals surface area contributed by atoms with Gasteiger partial charge in [0.15, 0.2) is 11.5 Å². The number of unbranched alkanes of at least 4 members (excludes halogenated alkanes) is 1. The van der Waals surface area contributed by atoms with E-state index >= 15 is 0 Å². The van der Waals surface area contributed by atoms with Gasteiger partial charge in [0.1, 0.15) is 5.60 Å². The molecule has 1 aliphatic rings. The number of benzene rings is 1. The number of carbonyl (C=O) groups is 3. The highest BCUT2D eigenvalue weighted by atomic mass is 35.5. The minimum Gasteiger partial charge on any atom is -0.458 e. The fraction of sp³-hybridized carbons (Fsp3) is 0.524. The Labute approximate surface area is 199 Å². The summed E-state index contributed by atoms with van der Waals surface area (Å²) >= 11 is 0. The lowest BCUT2D eigenvalue weighted by Crippen LogP contribution is -2.62. The second kappa shape index (κ2) is 12.2. The van der Waals surface area contributed by atoms with Gasteiger partial charge in [-0.15, -0.1) is 24.8 Å². The normalized spacial score (nSPS) is 14.7. The SMILES string of the molecule is CC(C)(C)OC(=O)C(CN)(CCCCNCC(=N)F)N1C(=O)c2ccccc2C1=O.Cl.Cl. The molecule has 0 saturated heterocycles. The molecular formula is C21H31Cl2FN4O4. The molecule has 8 nitrogen and oxygen atoms in total. The van der Waals surface area contributed by atoms with E-state index in [1.807, 2.05) is 0 Å². The second-order valence-corrected chi connectivity index (χ2v) is 8.27. The molecule has 1 aliphatic heterocycles. The van der Waals surface area contributed by atoms with Crippen molar-refractivity contribution in [3.63, 3.8) is 0 Å². The van der Waals surface area contributed by atoms with Crippen molar-refractivity contribution in [2.24, 2.45) is 5.73 Å². The van der Waals surface area contributed by atoms with Crippen LogP contribution >= 0.6 is 24.8 Å². The average molecular weight is 493 g/mol. The van der Waals surface area contributed by atoms with Crippen molar-refractivity contribution < 1.29 is 23.5 Å². The van der Waals surface area contributed by atoms with E-state index in [1.54, 1.807) is 45.0 Å². The molecule has 1 atom stereocenters. The fourth-order valence-electron chi connectivity index (χ4n) is 3.40. The maximum atomic E-state index is 13.2. The van der Waals surface area contributed by atoms with Gasteiger partial charge in [-0.2, -0.15) is 4.39 Å². The molecule has 32 heavy (non-hydrogen) atoms. The Morgan fingerprint density at radius 1 is 1.12 bits per heavy atom. The highest BCUT2D eigenvalue weighted by Crippen LogP contribution is 2.34. The number of imide groups is 1. The summed E-state index contributed by atoms with van der Waals surface area (Å²) in [6, 6.07) is 6.39. The van der Waals surface area contributed by atoms with Crippen molar-refractivity contribution in [2.75, 3.05) is 19.6 Å². The molecular weight excluding hydrogens is 462 g/mol. The number of hydrogen-bond donors (Lipinski definition) is 3. The molecule has 11 heteroatoms. The van der Waals surface area contributed by atoms with Gasteiger partial charge in [-0.05, 0) is 58.7 Å². The minimum absolute atomic E-state index is 0. The molecule has 2 amide bonds. The molecule has 180 valence electrons. The monoisotopic (exact) mass is 492 g/mol. The number of nitrogens with zero attached hydrogens (tertiary/aromatic N) is 1. The number of nitrogens with two attached hydrogens (primary N) is 1. The van der Waals surface area contributed by atoms with Crippen molar-refractivity contribution >= 4 is 48.6 Å². The highest BCUT2D eigenvalue weighted by molar-refractivity contribution is 6.23. The fourth-order valence-corrected chi connectivity index (χ4v) is 3.40. The summed E-state index contributed by atoms with van der Waals surface area (Å²) in [6.45, 7) is 5.05. The van der Waals surface area contributed by atoms with Gasteiger partial charge < -0.3 is 15.8 Å². The predicted octanol–water partition coefficient (Wildman–Crippen LogP) is 2.87. The first-order valence-corrected chi connectivity index (χ1v) is 9.88. The summed E-state index contributed by atoms with van der Waals surface area (Å²) in [4.78, 5) is 40.3. The smallest absolute Gasteiger partial charge is 0.334 e. The Morgan fingerprint density at radius 3 is 2.09 bits per heavy atom. The Kier molecular flexibility index (Phi) is 11.5. The first-order chi connectivity index (χ1) is 14.0. The molecule has 1 aromatic carbocycles. The van der Waals surface area contributed by atoms with Crippen LogP contribution in [0, 0.1) is 5.41 Å². The van der Waals surface area contributed by atoms with Gasteiger partial charge in [-0.3, -0.25) is 19.9 Å². The van der Waals surface area contributed by atoms with Gasteiger partial charge in [-0.1, -0.05) is 12.1 Å². The first-order valence-electron chi connectivity index (χ1n) is 9.88. The molecule has 0 aromatic heterocycles. The third kappa shape index (κ3) is 6.71. The third-order valence-corrected chi connectivity index (χ3v) is 4.81. The van der Waals surface area contributed by atoms with Crippen LogP contribution in [0.25, 0.3) is 0 Å². The predicted molar refractivity (Wildman–Crippen MR) is 125 cm³/mol. The molecule has 1 aromatic rings. The standard InChI is InChI=1S/C21H29FN4O4.2ClH/c1-20(2,3)30-19(29)21(13-23,10-6-7-11-25-12-16(22)24)26-17(27)14-8-4-5-9-15(14)18(26)28;;/h4-5,8-9,24-25H,6-7,10-13,23H2,1-3H3;2*1H. The Balaban J connectivity index is 0.00000480. The zero-order valence-corrected chi connectivity index (χ0v) is 20.0. The molecule has 1 heterocycles. The number of halogens is 3. The van der Waals surface area contributed by atoms with Crippen LogP contribution in [0.5, 0.6) is 0 Å². The molecule has 0 spiro atoms. The van der Waals surface area contributed by atoms with Crippen LogP contribution in [-0.4, -0.2) is 59.4 Å². The Morgan fingerprint density at radius 2 is 1.66 bits per heavy atom. The van der Waals surface area contributed by atoms with Crippen LogP contribution in [0.15, 0.2) is 24.3 Å². The van der Waals surface area contributed by atoms with E-state index in [0.29, 0.717) is 19.4 Å². The number of nitrogens with one attached hydrogen (secondary N) is 2. The summed E-state index contributed by atoms with van der Waals surface area (Å²) in [5.74, 6) is -2.84. The van der Waals surface area contributed by atoms with E-state index in [4.69, 9.17) is 15.9 Å². The summed E-state index contributed by atoms with van der Waals surface area (Å²) < 4.78 is 18.1. The van der Waals surface area contributed by atoms with E-state index in [2.05, 4.69) is 5.32 Å². The third-order valence-electron chi connectivity index (χ3n) is 4.81. The zero-order valence-electron chi connectivity index (χ0n) is 18.4. The van der Waals surface area contributed by atoms with E-state index < -0.39 is 34.9 Å². The number of hydrogen-bond acceptors (Lipinski definition) is 7. The number of esters is 1. The molecule has 0 radical (unpaired) electrons. The van der Waals surface area contributed by atoms with Gasteiger partial charge in [0, 0.05) is 6.54 Å². The van der Waals surface area contributed by atoms with Crippen molar-refractivity contribution in [1.29, 1.82) is 5.41 Å². The van der Waals surface area contributed by atoms with E-state index in [9.17, 15) is 18.8 Å². The Hall–Kier alpha value is -2.07. The lowest BCUT2D eigenvalue weighted by molar-refractivity contribution is -0.167. The Bertz CT molecular complexity index is 812. The van der Waals surface area contributed by atoms with E-state index in [1.165, 1.54) is 0 Å². The van der Waals surface area contributed by atoms with Gasteiger partial charge in [0.25, 0.3) is 11.8 Å². The van der Waals surface area contributed by atoms with Gasteiger partial charge >= 0.3 is 5.97 Å². The molecule has 2 rings (SSSR count). The summed E-state index contributed by atoms with van der Waals surface area (Å²) in [6.07, 6.45) is 1.07. The number of ether oxygens (including phenoxy) is 1. The lowest BCUT2D eigenvalue weighted by Gasteiger charge is -2.39. The summed E-state index contributed by atoms with van der Waals surface area (Å²) in [7, 11) is 0. The van der Waals surface area contributed by atoms with Crippen molar-refractivity contribution in [3.05, 3.63) is 35.4 Å². The molecule has 0 aliphatic carbocycles. The van der Waals surface area contributed by atoms with Crippen molar-refractivity contribution in [2.45, 2.75) is 51.2 Å². The lowest BCUT2D eigenvalue weighted by atomic mass is 9.89. The molecule has 1 unspecified atom stereocenters. The minimum atomic E-state index is -1.65. The quantitative estimate of drug-likeness (QED) is 0.199. The van der Waals surface area contributed by atoms with Crippen molar-refractivity contribution in [3.8, 4) is 0 Å². The number of fused-ring (bicyclic) bond motifs is 1. The topological polar surface area (TPSA) is 126 Å².